The van der Waals surface area contributed by atoms with E-state index >= 15 is 0 Å². The highest BCUT2D eigenvalue weighted by Gasteiger charge is 2.16. The van der Waals surface area contributed by atoms with E-state index in [1.165, 1.54) is 6.07 Å². The summed E-state index contributed by atoms with van der Waals surface area (Å²) in [4.78, 5) is 1.92. The van der Waals surface area contributed by atoms with Gasteiger partial charge >= 0.3 is 0 Å². The van der Waals surface area contributed by atoms with Gasteiger partial charge in [0.1, 0.15) is 5.82 Å². The van der Waals surface area contributed by atoms with Crippen molar-refractivity contribution in [1.29, 1.82) is 0 Å². The lowest BCUT2D eigenvalue weighted by atomic mass is 10.2. The lowest BCUT2D eigenvalue weighted by Crippen LogP contribution is -2.36. The highest BCUT2D eigenvalue weighted by molar-refractivity contribution is 5.47. The number of halogens is 1. The summed E-state index contributed by atoms with van der Waals surface area (Å²) in [6, 6.07) is 6.76. The minimum atomic E-state index is -0.320. The van der Waals surface area contributed by atoms with Gasteiger partial charge in [-0.2, -0.15) is 0 Å². The Hall–Kier alpha value is -1.13. The second-order valence-corrected chi connectivity index (χ2v) is 3.83. The normalized spacial score (nSPS) is 10.9. The summed E-state index contributed by atoms with van der Waals surface area (Å²) < 4.78 is 24.7. The van der Waals surface area contributed by atoms with E-state index in [1.807, 2.05) is 31.7 Å². The summed E-state index contributed by atoms with van der Waals surface area (Å²) in [6.45, 7) is 8.23. The van der Waals surface area contributed by atoms with Crippen LogP contribution in [0.1, 0.15) is 20.8 Å². The van der Waals surface area contributed by atoms with E-state index in [0.717, 1.165) is 0 Å². The molecule has 0 fully saturated rings. The number of anilines is 1. The fourth-order valence-corrected chi connectivity index (χ4v) is 1.81. The van der Waals surface area contributed by atoms with Gasteiger partial charge in [0.25, 0.3) is 0 Å². The molecular weight excluding hydrogens is 233 g/mol. The van der Waals surface area contributed by atoms with Gasteiger partial charge < -0.3 is 14.4 Å². The minimum absolute atomic E-state index is 0.217. The van der Waals surface area contributed by atoms with Crippen molar-refractivity contribution in [1.82, 2.24) is 0 Å². The fourth-order valence-electron chi connectivity index (χ4n) is 1.81. The molecule has 102 valence electrons. The zero-order valence-electron chi connectivity index (χ0n) is 11.4. The molecule has 3 nitrogen and oxygen atoms in total. The van der Waals surface area contributed by atoms with Gasteiger partial charge in [0.15, 0.2) is 6.29 Å². The molecule has 0 bridgehead atoms. The Bertz CT molecular complexity index is 340. The van der Waals surface area contributed by atoms with Crippen molar-refractivity contribution >= 4 is 5.69 Å². The van der Waals surface area contributed by atoms with Crippen LogP contribution in [0, 0.1) is 5.82 Å². The third-order valence-electron chi connectivity index (χ3n) is 2.65. The van der Waals surface area contributed by atoms with Gasteiger partial charge in [0.05, 0.1) is 12.2 Å². The van der Waals surface area contributed by atoms with Crippen LogP contribution in [0.5, 0.6) is 0 Å². The Morgan fingerprint density at radius 2 is 1.72 bits per heavy atom. The molecule has 0 aliphatic heterocycles. The molecule has 0 unspecified atom stereocenters. The summed E-state index contributed by atoms with van der Waals surface area (Å²) >= 11 is 0. The molecule has 0 amide bonds. The highest BCUT2D eigenvalue weighted by Crippen LogP contribution is 2.19. The van der Waals surface area contributed by atoms with Crippen LogP contribution in [-0.2, 0) is 9.47 Å². The van der Waals surface area contributed by atoms with Crippen molar-refractivity contribution in [2.75, 3.05) is 31.2 Å². The molecule has 0 heterocycles. The van der Waals surface area contributed by atoms with E-state index in [2.05, 4.69) is 0 Å². The molecule has 0 saturated carbocycles. The van der Waals surface area contributed by atoms with Crippen molar-refractivity contribution in [3.63, 3.8) is 0 Å². The van der Waals surface area contributed by atoms with Crippen LogP contribution in [-0.4, -0.2) is 32.6 Å². The number of rotatable bonds is 8. The molecule has 0 aliphatic rings. The van der Waals surface area contributed by atoms with Crippen LogP contribution in [0.3, 0.4) is 0 Å². The van der Waals surface area contributed by atoms with Crippen molar-refractivity contribution in [2.45, 2.75) is 27.1 Å². The maximum atomic E-state index is 13.7. The van der Waals surface area contributed by atoms with E-state index in [9.17, 15) is 4.39 Å². The molecule has 0 aliphatic carbocycles. The standard InChI is InChI=1S/C14H22FNO2/c1-4-16(11-14(17-5-2)18-6-3)13-10-8-7-9-12(13)15/h7-10,14H,4-6,11H2,1-3H3. The minimum Gasteiger partial charge on any atom is -0.364 e. The molecule has 0 aromatic heterocycles. The second kappa shape index (κ2) is 8.06. The number of likely N-dealkylation sites (N-methyl/N-ethyl adjacent to an activating group) is 1. The third-order valence-corrected chi connectivity index (χ3v) is 2.65. The summed E-state index contributed by atoms with van der Waals surface area (Å²) in [6.07, 6.45) is -0.320. The quantitative estimate of drug-likeness (QED) is 0.666. The first-order valence-corrected chi connectivity index (χ1v) is 6.45. The van der Waals surface area contributed by atoms with Crippen molar-refractivity contribution in [3.05, 3.63) is 30.1 Å². The number of benzene rings is 1. The van der Waals surface area contributed by atoms with Crippen molar-refractivity contribution in [2.24, 2.45) is 0 Å². The zero-order chi connectivity index (χ0) is 13.4. The first kappa shape index (κ1) is 14.9. The summed E-state index contributed by atoms with van der Waals surface area (Å²) in [5.41, 5.74) is 0.587. The molecule has 18 heavy (non-hydrogen) atoms. The van der Waals surface area contributed by atoms with Gasteiger partial charge in [-0.1, -0.05) is 12.1 Å². The molecule has 0 saturated heterocycles. The van der Waals surface area contributed by atoms with Crippen LogP contribution in [0.25, 0.3) is 0 Å². The molecule has 1 aromatic carbocycles. The predicted octanol–water partition coefficient (Wildman–Crippen LogP) is 3.05. The van der Waals surface area contributed by atoms with E-state index in [0.29, 0.717) is 32.0 Å². The number of hydrogen-bond donors (Lipinski definition) is 0. The first-order valence-electron chi connectivity index (χ1n) is 6.45. The maximum Gasteiger partial charge on any atom is 0.174 e. The largest absolute Gasteiger partial charge is 0.364 e. The summed E-state index contributed by atoms with van der Waals surface area (Å²) in [5.74, 6) is -0.217. The summed E-state index contributed by atoms with van der Waals surface area (Å²) in [7, 11) is 0. The second-order valence-electron chi connectivity index (χ2n) is 3.83. The predicted molar refractivity (Wildman–Crippen MR) is 71.3 cm³/mol. The topological polar surface area (TPSA) is 21.7 Å². The SMILES string of the molecule is CCOC(CN(CC)c1ccccc1F)OCC. The Morgan fingerprint density at radius 3 is 2.22 bits per heavy atom. The van der Waals surface area contributed by atoms with Crippen LogP contribution in [0.2, 0.25) is 0 Å². The molecule has 0 N–H and O–H groups in total. The van der Waals surface area contributed by atoms with Gasteiger partial charge in [-0.3, -0.25) is 0 Å². The number of ether oxygens (including phenoxy) is 2. The maximum absolute atomic E-state index is 13.7. The Kier molecular flexibility index (Phi) is 6.68. The van der Waals surface area contributed by atoms with Crippen molar-refractivity contribution < 1.29 is 13.9 Å². The Labute approximate surface area is 109 Å². The fraction of sp³-hybridized carbons (Fsp3) is 0.571. The number of hydrogen-bond acceptors (Lipinski definition) is 3. The lowest BCUT2D eigenvalue weighted by molar-refractivity contribution is -0.129. The average Bonchev–Trinajstić information content (AvgIpc) is 2.37. The molecule has 0 spiro atoms. The van der Waals surface area contributed by atoms with Gasteiger partial charge in [-0.15, -0.1) is 0 Å². The highest BCUT2D eigenvalue weighted by atomic mass is 19.1. The van der Waals surface area contributed by atoms with Crippen LogP contribution in [0.4, 0.5) is 10.1 Å². The molecule has 1 rings (SSSR count). The molecule has 0 atom stereocenters. The monoisotopic (exact) mass is 255 g/mol. The molecule has 1 aromatic rings. The van der Waals surface area contributed by atoms with Crippen LogP contribution < -0.4 is 4.90 Å². The third kappa shape index (κ3) is 4.27. The lowest BCUT2D eigenvalue weighted by Gasteiger charge is -2.28. The smallest absolute Gasteiger partial charge is 0.174 e. The molecular formula is C14H22FNO2. The van der Waals surface area contributed by atoms with Crippen LogP contribution in [0.15, 0.2) is 24.3 Å². The van der Waals surface area contributed by atoms with E-state index in [4.69, 9.17) is 9.47 Å². The van der Waals surface area contributed by atoms with Gasteiger partial charge in [0.2, 0.25) is 0 Å². The van der Waals surface area contributed by atoms with Gasteiger partial charge in [0, 0.05) is 19.8 Å². The first-order chi connectivity index (χ1) is 8.72. The Morgan fingerprint density at radius 1 is 1.11 bits per heavy atom. The number of para-hydroxylation sites is 1. The summed E-state index contributed by atoms with van der Waals surface area (Å²) in [5, 5.41) is 0. The molecule has 0 radical (unpaired) electrons. The van der Waals surface area contributed by atoms with Gasteiger partial charge in [-0.25, -0.2) is 4.39 Å². The zero-order valence-corrected chi connectivity index (χ0v) is 11.4. The molecule has 4 heteroatoms. The average molecular weight is 255 g/mol. The van der Waals surface area contributed by atoms with E-state index in [-0.39, 0.29) is 12.1 Å². The number of nitrogens with zero attached hydrogens (tertiary/aromatic N) is 1. The van der Waals surface area contributed by atoms with E-state index < -0.39 is 0 Å². The Balaban J connectivity index is 2.73. The van der Waals surface area contributed by atoms with Crippen molar-refractivity contribution in [3.8, 4) is 0 Å². The van der Waals surface area contributed by atoms with E-state index in [1.54, 1.807) is 12.1 Å². The van der Waals surface area contributed by atoms with Crippen LogP contribution >= 0.6 is 0 Å². The van der Waals surface area contributed by atoms with Gasteiger partial charge in [-0.05, 0) is 32.9 Å².